The lowest BCUT2D eigenvalue weighted by atomic mass is 10.3. The molecule has 0 spiro atoms. The fraction of sp³-hybridized carbons (Fsp3) is 0.200. The molecular weight excluding hydrogens is 300 g/mol. The summed E-state index contributed by atoms with van der Waals surface area (Å²) in [6.07, 6.45) is 1.65. The molecule has 3 aromatic rings. The highest BCUT2D eigenvalue weighted by Gasteiger charge is 2.27. The molecule has 0 saturated heterocycles. The number of nitrogens with one attached hydrogen (secondary N) is 1. The van der Waals surface area contributed by atoms with Crippen LogP contribution >= 0.6 is 0 Å². The maximum atomic E-state index is 12.7. The van der Waals surface area contributed by atoms with Crippen LogP contribution in [0.4, 0.5) is 0 Å². The van der Waals surface area contributed by atoms with E-state index in [1.807, 2.05) is 18.2 Å². The first-order valence-electron chi connectivity index (χ1n) is 6.96. The number of nitrogens with zero attached hydrogens (tertiary/aromatic N) is 3. The summed E-state index contributed by atoms with van der Waals surface area (Å²) < 4.78 is 26.8. The highest BCUT2D eigenvalue weighted by atomic mass is 32.2. The van der Waals surface area contributed by atoms with Crippen LogP contribution in [0.5, 0.6) is 0 Å². The summed E-state index contributed by atoms with van der Waals surface area (Å²) >= 11 is 0. The predicted molar refractivity (Wildman–Crippen MR) is 83.6 cm³/mol. The van der Waals surface area contributed by atoms with Gasteiger partial charge >= 0.3 is 0 Å². The molecule has 7 heteroatoms. The summed E-state index contributed by atoms with van der Waals surface area (Å²) in [5.41, 5.74) is 2.04. The smallest absolute Gasteiger partial charge is 0.277 e. The van der Waals surface area contributed by atoms with Gasteiger partial charge in [-0.2, -0.15) is 4.31 Å². The van der Waals surface area contributed by atoms with Gasteiger partial charge in [0.15, 0.2) is 0 Å². The molecule has 6 nitrogen and oxygen atoms in total. The first-order chi connectivity index (χ1) is 10.6. The molecule has 1 N–H and O–H groups in total. The predicted octanol–water partition coefficient (Wildman–Crippen LogP) is 2.17. The third kappa shape index (κ3) is 2.72. The number of aromatic amines is 1. The summed E-state index contributed by atoms with van der Waals surface area (Å²) in [5.74, 6) is 0. The number of H-pyrrole nitrogens is 1. The number of aromatic nitrogens is 3. The lowest BCUT2D eigenvalue weighted by molar-refractivity contribution is 0.415. The first kappa shape index (κ1) is 14.7. The number of hydrogen-bond donors (Lipinski definition) is 1. The molecule has 3 rings (SSSR count). The Kier molecular flexibility index (Phi) is 3.91. The fourth-order valence-electron chi connectivity index (χ4n) is 2.21. The van der Waals surface area contributed by atoms with E-state index in [9.17, 15) is 8.42 Å². The van der Waals surface area contributed by atoms with Crippen LogP contribution in [0.15, 0.2) is 53.8 Å². The Morgan fingerprint density at radius 2 is 1.91 bits per heavy atom. The van der Waals surface area contributed by atoms with E-state index < -0.39 is 10.0 Å². The van der Waals surface area contributed by atoms with Crippen molar-refractivity contribution in [3.8, 4) is 0 Å². The van der Waals surface area contributed by atoms with Gasteiger partial charge in [0.2, 0.25) is 5.16 Å². The molecule has 0 aliphatic heterocycles. The second-order valence-corrected chi connectivity index (χ2v) is 6.66. The van der Waals surface area contributed by atoms with Crippen molar-refractivity contribution in [1.29, 1.82) is 0 Å². The lowest BCUT2D eigenvalue weighted by Crippen LogP contribution is -2.31. The normalized spacial score (nSPS) is 12.1. The zero-order chi connectivity index (χ0) is 15.6. The molecule has 0 fully saturated rings. The molecular formula is C15H16N4O2S. The van der Waals surface area contributed by atoms with E-state index in [1.54, 1.807) is 37.4 Å². The number of pyridine rings is 1. The Hall–Kier alpha value is -2.25. The molecule has 0 atom stereocenters. The van der Waals surface area contributed by atoms with Crippen molar-refractivity contribution < 1.29 is 8.42 Å². The quantitative estimate of drug-likeness (QED) is 0.782. The number of fused-ring (bicyclic) bond motifs is 1. The van der Waals surface area contributed by atoms with Crippen LogP contribution in [0, 0.1) is 0 Å². The molecule has 22 heavy (non-hydrogen) atoms. The molecule has 0 bridgehead atoms. The minimum atomic E-state index is -3.68. The van der Waals surface area contributed by atoms with Crippen LogP contribution in [0.1, 0.15) is 12.6 Å². The Bertz CT molecular complexity index is 842. The third-order valence-corrected chi connectivity index (χ3v) is 5.12. The number of hydrogen-bond acceptors (Lipinski definition) is 4. The largest absolute Gasteiger partial charge is 0.328 e. The highest BCUT2D eigenvalue weighted by Crippen LogP contribution is 2.18. The SMILES string of the molecule is CCN(Cc1ccccn1)S(=O)(=O)c1nc2ccccc2[nH]1. The van der Waals surface area contributed by atoms with Crippen LogP contribution < -0.4 is 0 Å². The van der Waals surface area contributed by atoms with Gasteiger partial charge in [-0.1, -0.05) is 25.1 Å². The molecule has 114 valence electrons. The van der Waals surface area contributed by atoms with Gasteiger partial charge in [0.05, 0.1) is 23.3 Å². The zero-order valence-electron chi connectivity index (χ0n) is 12.1. The molecule has 0 unspecified atom stereocenters. The van der Waals surface area contributed by atoms with Gasteiger partial charge in [0, 0.05) is 12.7 Å². The van der Waals surface area contributed by atoms with Crippen molar-refractivity contribution in [2.24, 2.45) is 0 Å². The van der Waals surface area contributed by atoms with Crippen molar-refractivity contribution >= 4 is 21.1 Å². The summed E-state index contributed by atoms with van der Waals surface area (Å²) in [6, 6.07) is 12.7. The number of benzene rings is 1. The Balaban J connectivity index is 1.95. The second kappa shape index (κ2) is 5.86. The monoisotopic (exact) mass is 316 g/mol. The van der Waals surface area contributed by atoms with Crippen LogP contribution in [-0.4, -0.2) is 34.2 Å². The fourth-order valence-corrected chi connectivity index (χ4v) is 3.55. The van der Waals surface area contributed by atoms with Gasteiger partial charge in [0.25, 0.3) is 10.0 Å². The van der Waals surface area contributed by atoms with E-state index in [4.69, 9.17) is 0 Å². The molecule has 1 aromatic carbocycles. The van der Waals surface area contributed by atoms with Gasteiger partial charge in [0.1, 0.15) is 0 Å². The number of sulfonamides is 1. The Morgan fingerprint density at radius 1 is 1.14 bits per heavy atom. The van der Waals surface area contributed by atoms with Gasteiger partial charge < -0.3 is 4.98 Å². The molecule has 0 amide bonds. The first-order valence-corrected chi connectivity index (χ1v) is 8.40. The average Bonchev–Trinajstić information content (AvgIpc) is 2.98. The van der Waals surface area contributed by atoms with Crippen molar-refractivity contribution in [3.63, 3.8) is 0 Å². The van der Waals surface area contributed by atoms with Crippen LogP contribution in [0.3, 0.4) is 0 Å². The van der Waals surface area contributed by atoms with Crippen molar-refractivity contribution in [1.82, 2.24) is 19.3 Å². The molecule has 2 aromatic heterocycles. The molecule has 0 radical (unpaired) electrons. The Morgan fingerprint density at radius 3 is 2.59 bits per heavy atom. The summed E-state index contributed by atoms with van der Waals surface area (Å²) in [6.45, 7) is 2.36. The number of para-hydroxylation sites is 2. The molecule has 0 aliphatic carbocycles. The van der Waals surface area contributed by atoms with Gasteiger partial charge in [-0.15, -0.1) is 0 Å². The standard InChI is InChI=1S/C15H16N4O2S/c1-2-19(11-12-7-5-6-10-16-12)22(20,21)15-17-13-8-3-4-9-14(13)18-15/h3-10H,2,11H2,1H3,(H,17,18). The minimum Gasteiger partial charge on any atom is -0.328 e. The molecule has 0 aliphatic rings. The zero-order valence-corrected chi connectivity index (χ0v) is 12.9. The lowest BCUT2D eigenvalue weighted by Gasteiger charge is -2.18. The van der Waals surface area contributed by atoms with E-state index in [0.29, 0.717) is 23.3 Å². The summed E-state index contributed by atoms with van der Waals surface area (Å²) in [5, 5.41) is -0.0357. The van der Waals surface area contributed by atoms with Crippen LogP contribution in [0.25, 0.3) is 11.0 Å². The number of imidazole rings is 1. The topological polar surface area (TPSA) is 79.0 Å². The van der Waals surface area contributed by atoms with E-state index >= 15 is 0 Å². The maximum absolute atomic E-state index is 12.7. The van der Waals surface area contributed by atoms with E-state index in [-0.39, 0.29) is 11.7 Å². The van der Waals surface area contributed by atoms with Crippen molar-refractivity contribution in [3.05, 3.63) is 54.4 Å². The molecule has 0 saturated carbocycles. The van der Waals surface area contributed by atoms with Crippen molar-refractivity contribution in [2.45, 2.75) is 18.6 Å². The van der Waals surface area contributed by atoms with Crippen LogP contribution in [-0.2, 0) is 16.6 Å². The third-order valence-electron chi connectivity index (χ3n) is 3.37. The Labute approximate surface area is 128 Å². The van der Waals surface area contributed by atoms with Gasteiger partial charge in [-0.3, -0.25) is 4.98 Å². The summed E-state index contributed by atoms with van der Waals surface area (Å²) in [4.78, 5) is 11.2. The van der Waals surface area contributed by atoms with E-state index in [0.717, 1.165) is 0 Å². The minimum absolute atomic E-state index is 0.0357. The highest BCUT2D eigenvalue weighted by molar-refractivity contribution is 7.88. The van der Waals surface area contributed by atoms with E-state index in [1.165, 1.54) is 4.31 Å². The molecule has 2 heterocycles. The van der Waals surface area contributed by atoms with Gasteiger partial charge in [-0.05, 0) is 24.3 Å². The van der Waals surface area contributed by atoms with Crippen LogP contribution in [0.2, 0.25) is 0 Å². The average molecular weight is 316 g/mol. The van der Waals surface area contributed by atoms with E-state index in [2.05, 4.69) is 15.0 Å². The van der Waals surface area contributed by atoms with Gasteiger partial charge in [-0.25, -0.2) is 13.4 Å². The maximum Gasteiger partial charge on any atom is 0.277 e. The summed E-state index contributed by atoms with van der Waals surface area (Å²) in [7, 11) is -3.68. The second-order valence-electron chi connectivity index (χ2n) is 4.81. The number of rotatable bonds is 5. The van der Waals surface area contributed by atoms with Crippen molar-refractivity contribution in [2.75, 3.05) is 6.54 Å².